The Hall–Kier alpha value is -3.44. The van der Waals surface area contributed by atoms with E-state index in [0.717, 1.165) is 16.9 Å². The Balaban J connectivity index is 1.85. The lowest BCUT2D eigenvalue weighted by molar-refractivity contribution is -0.384. The summed E-state index contributed by atoms with van der Waals surface area (Å²) in [4.78, 5) is 33.3. The molecular formula is C20H15BrN2O7S. The third-order valence-corrected chi connectivity index (χ3v) is 6.31. The highest BCUT2D eigenvalue weighted by Crippen LogP contribution is 2.46. The second-order valence-corrected chi connectivity index (χ2v) is 8.07. The number of carboxylic acids is 2. The molecule has 31 heavy (non-hydrogen) atoms. The monoisotopic (exact) mass is 506 g/mol. The van der Waals surface area contributed by atoms with E-state index in [0.29, 0.717) is 27.1 Å². The number of anilines is 1. The van der Waals surface area contributed by atoms with Gasteiger partial charge in [-0.05, 0) is 39.2 Å². The van der Waals surface area contributed by atoms with Crippen LogP contribution in [0.25, 0.3) is 10.4 Å². The van der Waals surface area contributed by atoms with Crippen molar-refractivity contribution in [2.45, 2.75) is 6.54 Å². The third kappa shape index (κ3) is 5.38. The van der Waals surface area contributed by atoms with Gasteiger partial charge in [-0.3, -0.25) is 10.1 Å². The first-order chi connectivity index (χ1) is 14.8. The SMILES string of the molecule is O=C(O)COc1c(C(=O)O)sc(-c2cccc(NCc3cccc([N+](=O)[O-])c3)c2)c1Br. The van der Waals surface area contributed by atoms with Gasteiger partial charge in [0.05, 0.1) is 14.3 Å². The van der Waals surface area contributed by atoms with Crippen LogP contribution >= 0.6 is 27.3 Å². The summed E-state index contributed by atoms with van der Waals surface area (Å²) in [7, 11) is 0. The number of benzene rings is 2. The standard InChI is InChI=1S/C20H15BrN2O7S/c21-16-17(30-10-15(24)25)19(20(26)27)31-18(16)12-4-2-5-13(8-12)22-9-11-3-1-6-14(7-11)23(28)29/h1-8,22H,9-10H2,(H,24,25)(H,26,27). The van der Waals surface area contributed by atoms with Gasteiger partial charge >= 0.3 is 11.9 Å². The van der Waals surface area contributed by atoms with Gasteiger partial charge in [0.2, 0.25) is 0 Å². The van der Waals surface area contributed by atoms with Crippen LogP contribution in [0.5, 0.6) is 5.75 Å². The van der Waals surface area contributed by atoms with Gasteiger partial charge in [-0.2, -0.15) is 0 Å². The van der Waals surface area contributed by atoms with Crippen molar-refractivity contribution >= 4 is 50.6 Å². The summed E-state index contributed by atoms with van der Waals surface area (Å²) in [5.74, 6) is -2.48. The molecule has 1 heterocycles. The molecule has 3 rings (SSSR count). The molecule has 0 aliphatic heterocycles. The highest BCUT2D eigenvalue weighted by molar-refractivity contribution is 9.10. The summed E-state index contributed by atoms with van der Waals surface area (Å²) in [6.07, 6.45) is 0. The van der Waals surface area contributed by atoms with Gasteiger partial charge in [-0.1, -0.05) is 24.3 Å². The van der Waals surface area contributed by atoms with Crippen LogP contribution in [-0.2, 0) is 11.3 Å². The fraction of sp³-hybridized carbons (Fsp3) is 0.100. The molecule has 0 spiro atoms. The van der Waals surface area contributed by atoms with E-state index < -0.39 is 23.5 Å². The summed E-state index contributed by atoms with van der Waals surface area (Å²) >= 11 is 4.28. The zero-order chi connectivity index (χ0) is 22.5. The lowest BCUT2D eigenvalue weighted by atomic mass is 10.1. The fourth-order valence-electron chi connectivity index (χ4n) is 2.74. The Labute approximate surface area is 188 Å². The van der Waals surface area contributed by atoms with Crippen LogP contribution in [0.15, 0.2) is 53.0 Å². The van der Waals surface area contributed by atoms with E-state index in [1.54, 1.807) is 30.3 Å². The number of halogens is 1. The van der Waals surface area contributed by atoms with Gasteiger partial charge in [0.15, 0.2) is 17.2 Å². The minimum atomic E-state index is -1.22. The van der Waals surface area contributed by atoms with Crippen LogP contribution < -0.4 is 10.1 Å². The van der Waals surface area contributed by atoms with Crippen molar-refractivity contribution in [1.29, 1.82) is 0 Å². The van der Waals surface area contributed by atoms with Crippen molar-refractivity contribution in [3.8, 4) is 16.2 Å². The van der Waals surface area contributed by atoms with Gasteiger partial charge in [-0.25, -0.2) is 9.59 Å². The molecule has 0 fully saturated rings. The molecule has 2 aromatic carbocycles. The van der Waals surface area contributed by atoms with Crippen LogP contribution in [0.1, 0.15) is 15.2 Å². The Morgan fingerprint density at radius 1 is 1.16 bits per heavy atom. The van der Waals surface area contributed by atoms with Crippen molar-refractivity contribution < 1.29 is 29.5 Å². The Morgan fingerprint density at radius 2 is 1.90 bits per heavy atom. The maximum atomic E-state index is 11.6. The quantitative estimate of drug-likeness (QED) is 0.276. The molecule has 160 valence electrons. The average Bonchev–Trinajstić information content (AvgIpc) is 3.07. The Morgan fingerprint density at radius 3 is 2.58 bits per heavy atom. The Kier molecular flexibility index (Phi) is 6.88. The molecule has 0 amide bonds. The maximum Gasteiger partial charge on any atom is 0.349 e. The molecule has 3 N–H and O–H groups in total. The molecule has 0 atom stereocenters. The second-order valence-electron chi connectivity index (χ2n) is 6.25. The van der Waals surface area contributed by atoms with E-state index in [1.165, 1.54) is 12.1 Å². The second kappa shape index (κ2) is 9.58. The highest BCUT2D eigenvalue weighted by atomic mass is 79.9. The third-order valence-electron chi connectivity index (χ3n) is 4.09. The number of carboxylic acid groups (broad SMARTS) is 2. The first kappa shape index (κ1) is 22.2. The van der Waals surface area contributed by atoms with Crippen LogP contribution in [0.3, 0.4) is 0 Å². The van der Waals surface area contributed by atoms with Crippen LogP contribution in [-0.4, -0.2) is 33.7 Å². The summed E-state index contributed by atoms with van der Waals surface area (Å²) in [5.41, 5.74) is 2.14. The van der Waals surface area contributed by atoms with E-state index in [2.05, 4.69) is 21.2 Å². The van der Waals surface area contributed by atoms with E-state index in [9.17, 15) is 24.8 Å². The van der Waals surface area contributed by atoms with Crippen molar-refractivity contribution in [3.63, 3.8) is 0 Å². The van der Waals surface area contributed by atoms with Gasteiger partial charge < -0.3 is 20.3 Å². The number of nitrogens with one attached hydrogen (secondary N) is 1. The lowest BCUT2D eigenvalue weighted by Crippen LogP contribution is -2.11. The van der Waals surface area contributed by atoms with Gasteiger partial charge in [0.1, 0.15) is 0 Å². The van der Waals surface area contributed by atoms with Crippen molar-refractivity contribution in [3.05, 3.63) is 73.6 Å². The summed E-state index contributed by atoms with van der Waals surface area (Å²) in [5, 5.41) is 32.4. The first-order valence-electron chi connectivity index (χ1n) is 8.74. The molecule has 0 aliphatic rings. The molecule has 0 unspecified atom stereocenters. The number of aliphatic carboxylic acids is 1. The van der Waals surface area contributed by atoms with Gasteiger partial charge in [0, 0.05) is 24.4 Å². The number of non-ortho nitro benzene ring substituents is 1. The topological polar surface area (TPSA) is 139 Å². The van der Waals surface area contributed by atoms with Crippen LogP contribution in [0.4, 0.5) is 11.4 Å². The predicted octanol–water partition coefficient (Wildman–Crippen LogP) is 4.86. The van der Waals surface area contributed by atoms with Gasteiger partial charge in [0.25, 0.3) is 5.69 Å². The number of hydrogen-bond acceptors (Lipinski definition) is 7. The van der Waals surface area contributed by atoms with E-state index in [4.69, 9.17) is 9.84 Å². The first-order valence-corrected chi connectivity index (χ1v) is 10.3. The summed E-state index contributed by atoms with van der Waals surface area (Å²) in [6.45, 7) is -0.316. The maximum absolute atomic E-state index is 11.6. The fourth-order valence-corrected chi connectivity index (χ4v) is 4.63. The summed E-state index contributed by atoms with van der Waals surface area (Å²) in [6, 6.07) is 13.4. The van der Waals surface area contributed by atoms with E-state index >= 15 is 0 Å². The summed E-state index contributed by atoms with van der Waals surface area (Å²) < 4.78 is 5.53. The molecular weight excluding hydrogens is 492 g/mol. The van der Waals surface area contributed by atoms with Crippen molar-refractivity contribution in [2.75, 3.05) is 11.9 Å². The zero-order valence-electron chi connectivity index (χ0n) is 15.7. The normalized spacial score (nSPS) is 10.5. The minimum Gasteiger partial charge on any atom is -0.479 e. The minimum absolute atomic E-state index is 0.00524. The number of nitrogens with zero attached hydrogens (tertiary/aromatic N) is 1. The molecule has 11 heteroatoms. The molecule has 3 aromatic rings. The lowest BCUT2D eigenvalue weighted by Gasteiger charge is -2.09. The van der Waals surface area contributed by atoms with Crippen LogP contribution in [0.2, 0.25) is 0 Å². The molecule has 0 aliphatic carbocycles. The van der Waals surface area contributed by atoms with Crippen molar-refractivity contribution in [2.24, 2.45) is 0 Å². The smallest absolute Gasteiger partial charge is 0.349 e. The van der Waals surface area contributed by atoms with Crippen molar-refractivity contribution in [1.82, 2.24) is 0 Å². The van der Waals surface area contributed by atoms with E-state index in [1.807, 2.05) is 6.07 Å². The highest BCUT2D eigenvalue weighted by Gasteiger charge is 2.24. The molecule has 0 saturated heterocycles. The number of nitro benzene ring substituents is 1. The largest absolute Gasteiger partial charge is 0.479 e. The van der Waals surface area contributed by atoms with Crippen LogP contribution in [0, 0.1) is 10.1 Å². The molecule has 1 aromatic heterocycles. The zero-order valence-corrected chi connectivity index (χ0v) is 18.1. The number of thiophene rings is 1. The number of aromatic carboxylic acids is 1. The number of ether oxygens (including phenoxy) is 1. The van der Waals surface area contributed by atoms with Gasteiger partial charge in [-0.15, -0.1) is 11.3 Å². The Bertz CT molecular complexity index is 1160. The number of carbonyl (C=O) groups is 2. The molecule has 0 saturated carbocycles. The number of rotatable bonds is 9. The predicted molar refractivity (Wildman–Crippen MR) is 118 cm³/mol. The molecule has 0 bridgehead atoms. The number of hydrogen-bond donors (Lipinski definition) is 3. The molecule has 0 radical (unpaired) electrons. The number of nitro groups is 1. The average molecular weight is 507 g/mol. The van der Waals surface area contributed by atoms with E-state index in [-0.39, 0.29) is 16.3 Å². The molecule has 9 nitrogen and oxygen atoms in total.